The van der Waals surface area contributed by atoms with E-state index in [1.807, 2.05) is 24.0 Å². The molecule has 2 heterocycles. The number of rotatable bonds is 4. The van der Waals surface area contributed by atoms with Gasteiger partial charge in [0.1, 0.15) is 0 Å². The molecule has 1 aromatic heterocycles. The van der Waals surface area contributed by atoms with Gasteiger partial charge in [0.15, 0.2) is 0 Å². The summed E-state index contributed by atoms with van der Waals surface area (Å²) >= 11 is 1.81. The maximum atomic E-state index is 4.66. The second-order valence-corrected chi connectivity index (χ2v) is 6.48. The first-order valence-corrected chi connectivity index (χ1v) is 8.86. The summed E-state index contributed by atoms with van der Waals surface area (Å²) in [7, 11) is 0. The fraction of sp³-hybridized carbons (Fsp3) is 0.389. The van der Waals surface area contributed by atoms with Crippen molar-refractivity contribution in [1.82, 2.24) is 10.3 Å². The molecule has 3 heteroatoms. The molecule has 1 fully saturated rings. The fourth-order valence-corrected chi connectivity index (χ4v) is 3.73. The van der Waals surface area contributed by atoms with Crippen molar-refractivity contribution in [3.63, 3.8) is 0 Å². The van der Waals surface area contributed by atoms with Crippen molar-refractivity contribution in [3.05, 3.63) is 59.9 Å². The van der Waals surface area contributed by atoms with Crippen LogP contribution in [0, 0.1) is 5.92 Å². The van der Waals surface area contributed by atoms with Crippen molar-refractivity contribution in [2.45, 2.75) is 23.7 Å². The highest BCUT2D eigenvalue weighted by atomic mass is 32.2. The summed E-state index contributed by atoms with van der Waals surface area (Å²) < 4.78 is 0. The molecule has 0 radical (unpaired) electrons. The van der Waals surface area contributed by atoms with E-state index in [1.165, 1.54) is 29.0 Å². The Morgan fingerprint density at radius 1 is 1.14 bits per heavy atom. The zero-order chi connectivity index (χ0) is 14.5. The molecular weight excluding hydrogens is 276 g/mol. The van der Waals surface area contributed by atoms with Crippen LogP contribution in [0.3, 0.4) is 0 Å². The van der Waals surface area contributed by atoms with Gasteiger partial charge >= 0.3 is 0 Å². The van der Waals surface area contributed by atoms with Crippen LogP contribution < -0.4 is 5.32 Å². The monoisotopic (exact) mass is 298 g/mol. The number of hydrogen-bond donors (Lipinski definition) is 1. The molecule has 1 N–H and O–H groups in total. The number of hydrogen-bond acceptors (Lipinski definition) is 3. The van der Waals surface area contributed by atoms with E-state index in [4.69, 9.17) is 0 Å². The number of thioether (sulfide) groups is 1. The number of piperidine rings is 1. The lowest BCUT2D eigenvalue weighted by Gasteiger charge is -2.31. The van der Waals surface area contributed by atoms with E-state index in [2.05, 4.69) is 53.0 Å². The quantitative estimate of drug-likeness (QED) is 0.866. The highest BCUT2D eigenvalue weighted by Gasteiger charge is 2.27. The minimum atomic E-state index is 0.417. The molecule has 110 valence electrons. The van der Waals surface area contributed by atoms with Crippen LogP contribution in [0.4, 0.5) is 0 Å². The molecule has 1 saturated heterocycles. The Kier molecular flexibility index (Phi) is 4.94. The second-order valence-electron chi connectivity index (χ2n) is 5.60. The van der Waals surface area contributed by atoms with Crippen molar-refractivity contribution in [2.24, 2.45) is 5.92 Å². The molecule has 0 saturated carbocycles. The summed E-state index contributed by atoms with van der Waals surface area (Å²) in [5.74, 6) is 1.10. The summed E-state index contributed by atoms with van der Waals surface area (Å²) in [6, 6.07) is 15.3. The van der Waals surface area contributed by atoms with Gasteiger partial charge in [-0.25, -0.2) is 0 Å². The van der Waals surface area contributed by atoms with Gasteiger partial charge in [0.2, 0.25) is 0 Å². The SMILES string of the molecule is CSc1cccc(C(c2ccccn2)C2CCNCC2)c1. The molecule has 0 aliphatic carbocycles. The summed E-state index contributed by atoms with van der Waals surface area (Å²) in [5, 5.41) is 3.47. The Labute approximate surface area is 131 Å². The molecule has 2 aromatic rings. The van der Waals surface area contributed by atoms with Crippen LogP contribution in [0.15, 0.2) is 53.6 Å². The Bertz CT molecular complexity index is 564. The van der Waals surface area contributed by atoms with Gasteiger partial charge in [-0.3, -0.25) is 4.98 Å². The third-order valence-corrected chi connectivity index (χ3v) is 5.04. The van der Waals surface area contributed by atoms with E-state index in [-0.39, 0.29) is 0 Å². The number of pyridine rings is 1. The Hall–Kier alpha value is -1.32. The van der Waals surface area contributed by atoms with Gasteiger partial charge in [0.05, 0.1) is 0 Å². The first-order chi connectivity index (χ1) is 10.4. The van der Waals surface area contributed by atoms with E-state index in [9.17, 15) is 0 Å². The molecule has 0 bridgehead atoms. The second kappa shape index (κ2) is 7.10. The first kappa shape index (κ1) is 14.6. The molecule has 1 atom stereocenters. The average Bonchev–Trinajstić information content (AvgIpc) is 2.57. The summed E-state index contributed by atoms with van der Waals surface area (Å²) in [6.07, 6.45) is 6.51. The molecule has 21 heavy (non-hydrogen) atoms. The molecule has 1 unspecified atom stereocenters. The van der Waals surface area contributed by atoms with E-state index in [0.29, 0.717) is 11.8 Å². The largest absolute Gasteiger partial charge is 0.317 e. The summed E-state index contributed by atoms with van der Waals surface area (Å²) in [6.45, 7) is 2.24. The zero-order valence-corrected chi connectivity index (χ0v) is 13.3. The number of nitrogens with one attached hydrogen (secondary N) is 1. The van der Waals surface area contributed by atoms with Gasteiger partial charge in [-0.2, -0.15) is 0 Å². The number of nitrogens with zero attached hydrogens (tertiary/aromatic N) is 1. The van der Waals surface area contributed by atoms with E-state index < -0.39 is 0 Å². The minimum absolute atomic E-state index is 0.417. The molecular formula is C18H22N2S. The van der Waals surface area contributed by atoms with Gasteiger partial charge in [0.25, 0.3) is 0 Å². The maximum absolute atomic E-state index is 4.66. The molecule has 1 aliphatic heterocycles. The first-order valence-electron chi connectivity index (χ1n) is 7.64. The van der Waals surface area contributed by atoms with Crippen LogP contribution in [0.5, 0.6) is 0 Å². The van der Waals surface area contributed by atoms with Crippen molar-refractivity contribution in [2.75, 3.05) is 19.3 Å². The summed E-state index contributed by atoms with van der Waals surface area (Å²) in [4.78, 5) is 5.99. The minimum Gasteiger partial charge on any atom is -0.317 e. The highest BCUT2D eigenvalue weighted by Crippen LogP contribution is 2.36. The maximum Gasteiger partial charge on any atom is 0.0481 e. The van der Waals surface area contributed by atoms with Gasteiger partial charge in [-0.05, 0) is 67.9 Å². The predicted octanol–water partition coefficient (Wildman–Crippen LogP) is 3.94. The normalized spacial score (nSPS) is 17.6. The van der Waals surface area contributed by atoms with Crippen LogP contribution in [0.25, 0.3) is 0 Å². The Balaban J connectivity index is 1.98. The van der Waals surface area contributed by atoms with Crippen LogP contribution in [-0.2, 0) is 0 Å². The molecule has 0 spiro atoms. The smallest absolute Gasteiger partial charge is 0.0481 e. The van der Waals surface area contributed by atoms with E-state index in [0.717, 1.165) is 13.1 Å². The van der Waals surface area contributed by atoms with Crippen molar-refractivity contribution in [3.8, 4) is 0 Å². The van der Waals surface area contributed by atoms with E-state index in [1.54, 1.807) is 0 Å². The van der Waals surface area contributed by atoms with Crippen molar-refractivity contribution >= 4 is 11.8 Å². The third-order valence-electron chi connectivity index (χ3n) is 4.31. The van der Waals surface area contributed by atoms with Gasteiger partial charge in [-0.15, -0.1) is 11.8 Å². The average molecular weight is 298 g/mol. The van der Waals surface area contributed by atoms with E-state index >= 15 is 0 Å². The lowest BCUT2D eigenvalue weighted by Crippen LogP contribution is -2.31. The number of aromatic nitrogens is 1. The molecule has 1 aromatic carbocycles. The summed E-state index contributed by atoms with van der Waals surface area (Å²) in [5.41, 5.74) is 2.62. The van der Waals surface area contributed by atoms with Crippen LogP contribution >= 0.6 is 11.8 Å². The van der Waals surface area contributed by atoms with Crippen LogP contribution in [0.2, 0.25) is 0 Å². The lowest BCUT2D eigenvalue weighted by atomic mass is 9.78. The highest BCUT2D eigenvalue weighted by molar-refractivity contribution is 7.98. The topological polar surface area (TPSA) is 24.9 Å². The molecule has 2 nitrogen and oxygen atoms in total. The van der Waals surface area contributed by atoms with Gasteiger partial charge in [-0.1, -0.05) is 18.2 Å². The molecule has 3 rings (SSSR count). The van der Waals surface area contributed by atoms with Gasteiger partial charge in [0, 0.05) is 22.7 Å². The van der Waals surface area contributed by atoms with Crippen molar-refractivity contribution < 1.29 is 0 Å². The zero-order valence-electron chi connectivity index (χ0n) is 12.5. The standard InChI is InChI=1S/C18H22N2S/c1-21-16-6-4-5-15(13-16)18(14-8-11-19-12-9-14)17-7-2-3-10-20-17/h2-7,10,13-14,18-19H,8-9,11-12H2,1H3. The Morgan fingerprint density at radius 2 is 2.00 bits per heavy atom. The molecule has 1 aliphatic rings. The Morgan fingerprint density at radius 3 is 2.71 bits per heavy atom. The van der Waals surface area contributed by atoms with Crippen LogP contribution in [0.1, 0.15) is 30.0 Å². The van der Waals surface area contributed by atoms with Crippen LogP contribution in [-0.4, -0.2) is 24.3 Å². The molecule has 0 amide bonds. The van der Waals surface area contributed by atoms with Crippen molar-refractivity contribution in [1.29, 1.82) is 0 Å². The third kappa shape index (κ3) is 3.47. The lowest BCUT2D eigenvalue weighted by molar-refractivity contribution is 0.339. The predicted molar refractivity (Wildman–Crippen MR) is 89.9 cm³/mol. The van der Waals surface area contributed by atoms with Gasteiger partial charge < -0.3 is 5.32 Å². The number of benzene rings is 1. The fourth-order valence-electron chi connectivity index (χ4n) is 3.26.